The predicted molar refractivity (Wildman–Crippen MR) is 59.9 cm³/mol. The van der Waals surface area contributed by atoms with E-state index in [9.17, 15) is 0 Å². The molecule has 0 aromatic carbocycles. The fraction of sp³-hybridized carbons (Fsp3) is 1.00. The molecule has 3 nitrogen and oxygen atoms in total. The summed E-state index contributed by atoms with van der Waals surface area (Å²) in [7, 11) is 1.75. The first-order valence-corrected chi connectivity index (χ1v) is 6.10. The SMILES string of the molecule is CCCC1(CCCCCOC)OCCO1. The van der Waals surface area contributed by atoms with Crippen LogP contribution >= 0.6 is 0 Å². The van der Waals surface area contributed by atoms with Crippen molar-refractivity contribution >= 4 is 0 Å². The maximum Gasteiger partial charge on any atom is 0.168 e. The molecule has 0 aromatic rings. The highest BCUT2D eigenvalue weighted by Gasteiger charge is 2.34. The standard InChI is InChI=1S/C12H24O3/c1-3-7-12(14-10-11-15-12)8-5-4-6-9-13-2/h3-11H2,1-2H3. The summed E-state index contributed by atoms with van der Waals surface area (Å²) in [5.41, 5.74) is 0. The molecule has 1 aliphatic rings. The van der Waals surface area contributed by atoms with Gasteiger partial charge in [-0.3, -0.25) is 0 Å². The van der Waals surface area contributed by atoms with Crippen molar-refractivity contribution in [3.63, 3.8) is 0 Å². The Bertz CT molecular complexity index is 153. The average Bonchev–Trinajstić information content (AvgIpc) is 2.67. The summed E-state index contributed by atoms with van der Waals surface area (Å²) in [6, 6.07) is 0. The normalized spacial score (nSPS) is 19.6. The lowest BCUT2D eigenvalue weighted by atomic mass is 10.0. The first kappa shape index (κ1) is 12.9. The van der Waals surface area contributed by atoms with Crippen molar-refractivity contribution < 1.29 is 14.2 Å². The van der Waals surface area contributed by atoms with Gasteiger partial charge in [-0.1, -0.05) is 19.8 Å². The van der Waals surface area contributed by atoms with Crippen LogP contribution in [0.5, 0.6) is 0 Å². The van der Waals surface area contributed by atoms with Gasteiger partial charge in [-0.05, 0) is 12.8 Å². The summed E-state index contributed by atoms with van der Waals surface area (Å²) in [4.78, 5) is 0. The van der Waals surface area contributed by atoms with Crippen molar-refractivity contribution in [2.75, 3.05) is 26.9 Å². The van der Waals surface area contributed by atoms with Gasteiger partial charge in [0, 0.05) is 26.6 Å². The fourth-order valence-corrected chi connectivity index (χ4v) is 2.11. The van der Waals surface area contributed by atoms with Gasteiger partial charge in [-0.2, -0.15) is 0 Å². The summed E-state index contributed by atoms with van der Waals surface area (Å²) in [6.45, 7) is 4.57. The van der Waals surface area contributed by atoms with Gasteiger partial charge < -0.3 is 14.2 Å². The van der Waals surface area contributed by atoms with Gasteiger partial charge in [0.05, 0.1) is 13.2 Å². The molecular formula is C12H24O3. The second-order valence-corrected chi connectivity index (χ2v) is 4.16. The minimum absolute atomic E-state index is 0.248. The lowest BCUT2D eigenvalue weighted by Crippen LogP contribution is -2.29. The zero-order valence-electron chi connectivity index (χ0n) is 10.1. The first-order valence-electron chi connectivity index (χ1n) is 6.10. The van der Waals surface area contributed by atoms with Crippen molar-refractivity contribution in [1.29, 1.82) is 0 Å². The van der Waals surface area contributed by atoms with E-state index in [-0.39, 0.29) is 5.79 Å². The molecule has 1 fully saturated rings. The Morgan fingerprint density at radius 1 is 1.07 bits per heavy atom. The molecule has 0 aliphatic carbocycles. The van der Waals surface area contributed by atoms with E-state index in [2.05, 4.69) is 6.92 Å². The van der Waals surface area contributed by atoms with E-state index < -0.39 is 0 Å². The molecule has 0 spiro atoms. The van der Waals surface area contributed by atoms with Crippen LogP contribution in [0.3, 0.4) is 0 Å². The zero-order chi connectivity index (χ0) is 11.0. The molecule has 1 rings (SSSR count). The Labute approximate surface area is 93.1 Å². The smallest absolute Gasteiger partial charge is 0.168 e. The third-order valence-electron chi connectivity index (χ3n) is 2.85. The number of methoxy groups -OCH3 is 1. The summed E-state index contributed by atoms with van der Waals surface area (Å²) < 4.78 is 16.5. The molecule has 0 saturated carbocycles. The van der Waals surface area contributed by atoms with Crippen LogP contribution in [-0.4, -0.2) is 32.7 Å². The summed E-state index contributed by atoms with van der Waals surface area (Å²) in [5.74, 6) is -0.248. The third-order valence-corrected chi connectivity index (χ3v) is 2.85. The molecule has 0 amide bonds. The first-order chi connectivity index (χ1) is 7.33. The molecular weight excluding hydrogens is 192 g/mol. The Morgan fingerprint density at radius 3 is 2.40 bits per heavy atom. The molecule has 0 aromatic heterocycles. The highest BCUT2D eigenvalue weighted by molar-refractivity contribution is 4.73. The van der Waals surface area contributed by atoms with Crippen molar-refractivity contribution in [2.45, 2.75) is 51.2 Å². The van der Waals surface area contributed by atoms with Crippen LogP contribution in [0.15, 0.2) is 0 Å². The number of hydrogen-bond donors (Lipinski definition) is 0. The second-order valence-electron chi connectivity index (χ2n) is 4.16. The van der Waals surface area contributed by atoms with Gasteiger partial charge in [0.2, 0.25) is 0 Å². The second kappa shape index (κ2) is 7.20. The van der Waals surface area contributed by atoms with E-state index in [0.717, 1.165) is 45.5 Å². The van der Waals surface area contributed by atoms with Crippen molar-refractivity contribution in [3.05, 3.63) is 0 Å². The van der Waals surface area contributed by atoms with Crippen molar-refractivity contribution in [3.8, 4) is 0 Å². The van der Waals surface area contributed by atoms with Gasteiger partial charge in [0.1, 0.15) is 0 Å². The molecule has 1 heterocycles. The third kappa shape index (κ3) is 4.49. The van der Waals surface area contributed by atoms with Gasteiger partial charge >= 0.3 is 0 Å². The summed E-state index contributed by atoms with van der Waals surface area (Å²) >= 11 is 0. The lowest BCUT2D eigenvalue weighted by Gasteiger charge is -2.26. The predicted octanol–water partition coefficient (Wildman–Crippen LogP) is 2.74. The maximum absolute atomic E-state index is 5.73. The van der Waals surface area contributed by atoms with E-state index in [4.69, 9.17) is 14.2 Å². The fourth-order valence-electron chi connectivity index (χ4n) is 2.11. The van der Waals surface area contributed by atoms with Gasteiger partial charge in [-0.25, -0.2) is 0 Å². The van der Waals surface area contributed by atoms with Gasteiger partial charge in [-0.15, -0.1) is 0 Å². The van der Waals surface area contributed by atoms with E-state index in [1.807, 2.05) is 0 Å². The van der Waals surface area contributed by atoms with Crippen LogP contribution in [0.25, 0.3) is 0 Å². The molecule has 0 unspecified atom stereocenters. The largest absolute Gasteiger partial charge is 0.385 e. The van der Waals surface area contributed by atoms with Crippen molar-refractivity contribution in [2.24, 2.45) is 0 Å². The number of unbranched alkanes of at least 4 members (excludes halogenated alkanes) is 2. The number of rotatable bonds is 8. The Morgan fingerprint density at radius 2 is 1.80 bits per heavy atom. The van der Waals surface area contributed by atoms with E-state index in [1.54, 1.807) is 7.11 Å². The van der Waals surface area contributed by atoms with E-state index >= 15 is 0 Å². The molecule has 15 heavy (non-hydrogen) atoms. The molecule has 1 aliphatic heterocycles. The average molecular weight is 216 g/mol. The Kier molecular flexibility index (Phi) is 6.22. The highest BCUT2D eigenvalue weighted by Crippen LogP contribution is 2.30. The maximum atomic E-state index is 5.73. The molecule has 3 heteroatoms. The van der Waals surface area contributed by atoms with Crippen LogP contribution in [-0.2, 0) is 14.2 Å². The minimum Gasteiger partial charge on any atom is -0.385 e. The topological polar surface area (TPSA) is 27.7 Å². The van der Waals surface area contributed by atoms with Crippen LogP contribution in [0, 0.1) is 0 Å². The molecule has 0 N–H and O–H groups in total. The summed E-state index contributed by atoms with van der Waals surface area (Å²) in [5, 5.41) is 0. The number of hydrogen-bond acceptors (Lipinski definition) is 3. The lowest BCUT2D eigenvalue weighted by molar-refractivity contribution is -0.167. The monoisotopic (exact) mass is 216 g/mol. The Balaban J connectivity index is 2.14. The highest BCUT2D eigenvalue weighted by atomic mass is 16.7. The zero-order valence-corrected chi connectivity index (χ0v) is 10.1. The molecule has 1 saturated heterocycles. The minimum atomic E-state index is -0.248. The molecule has 0 atom stereocenters. The van der Waals surface area contributed by atoms with E-state index in [0.29, 0.717) is 0 Å². The Hall–Kier alpha value is -0.120. The molecule has 0 bridgehead atoms. The van der Waals surface area contributed by atoms with Gasteiger partial charge in [0.25, 0.3) is 0 Å². The summed E-state index contributed by atoms with van der Waals surface area (Å²) in [6.07, 6.45) is 6.69. The van der Waals surface area contributed by atoms with Crippen LogP contribution < -0.4 is 0 Å². The van der Waals surface area contributed by atoms with Crippen molar-refractivity contribution in [1.82, 2.24) is 0 Å². The van der Waals surface area contributed by atoms with Gasteiger partial charge in [0.15, 0.2) is 5.79 Å². The van der Waals surface area contributed by atoms with Crippen LogP contribution in [0.2, 0.25) is 0 Å². The number of ether oxygens (including phenoxy) is 3. The quantitative estimate of drug-likeness (QED) is 0.584. The van der Waals surface area contributed by atoms with Crippen LogP contribution in [0.4, 0.5) is 0 Å². The molecule has 90 valence electrons. The van der Waals surface area contributed by atoms with E-state index in [1.165, 1.54) is 12.8 Å². The van der Waals surface area contributed by atoms with Crippen LogP contribution in [0.1, 0.15) is 45.4 Å². The molecule has 0 radical (unpaired) electrons.